The lowest BCUT2D eigenvalue weighted by atomic mass is 9.97. The Balaban J connectivity index is 2.31. The smallest absolute Gasteiger partial charge is 0.198 e. The second-order valence-electron chi connectivity index (χ2n) is 3.16. The number of allylic oxidation sites excluding steroid dienone is 1. The van der Waals surface area contributed by atoms with Gasteiger partial charge in [0.2, 0.25) is 0 Å². The molecule has 0 fully saturated rings. The van der Waals surface area contributed by atoms with Crippen LogP contribution in [0.2, 0.25) is 0 Å². The van der Waals surface area contributed by atoms with Gasteiger partial charge in [-0.1, -0.05) is 12.1 Å². The second kappa shape index (κ2) is 2.48. The quantitative estimate of drug-likeness (QED) is 0.604. The van der Waals surface area contributed by atoms with Gasteiger partial charge in [0.1, 0.15) is 0 Å². The highest BCUT2D eigenvalue weighted by atomic mass is 16.1. The van der Waals surface area contributed by atoms with Crippen molar-refractivity contribution in [1.29, 1.82) is 0 Å². The van der Waals surface area contributed by atoms with E-state index in [1.807, 2.05) is 18.2 Å². The lowest BCUT2D eigenvalue weighted by Gasteiger charge is -2.11. The van der Waals surface area contributed by atoms with Crippen LogP contribution in [0.25, 0.3) is 0 Å². The Bertz CT molecular complexity index is 524. The Morgan fingerprint density at radius 1 is 1.14 bits per heavy atom. The standard InChI is InChI=1S/C11H6N2O/c14-11-7-3-1-2-4-9(7)13-10-6-12-5-8(10)11/h1-6H. The Morgan fingerprint density at radius 2 is 2.00 bits per heavy atom. The molecule has 2 aliphatic heterocycles. The number of benzene rings is 1. The zero-order valence-corrected chi connectivity index (χ0v) is 7.27. The van der Waals surface area contributed by atoms with Gasteiger partial charge < -0.3 is 0 Å². The summed E-state index contributed by atoms with van der Waals surface area (Å²) in [6.07, 6.45) is 3.18. The van der Waals surface area contributed by atoms with Gasteiger partial charge >= 0.3 is 0 Å². The zero-order valence-electron chi connectivity index (χ0n) is 7.27. The largest absolute Gasteiger partial charge is 0.288 e. The van der Waals surface area contributed by atoms with Crippen LogP contribution in [0.3, 0.4) is 0 Å². The average Bonchev–Trinajstić information content (AvgIpc) is 2.66. The summed E-state index contributed by atoms with van der Waals surface area (Å²) in [4.78, 5) is 20.1. The van der Waals surface area contributed by atoms with Gasteiger partial charge in [0.15, 0.2) is 5.78 Å². The molecule has 0 aromatic heterocycles. The van der Waals surface area contributed by atoms with Crippen molar-refractivity contribution < 1.29 is 4.79 Å². The molecule has 0 radical (unpaired) electrons. The fraction of sp³-hybridized carbons (Fsp3) is 0. The maximum atomic E-state index is 11.9. The highest BCUT2D eigenvalue weighted by Gasteiger charge is 2.26. The van der Waals surface area contributed by atoms with Crippen molar-refractivity contribution >= 4 is 23.4 Å². The fourth-order valence-electron chi connectivity index (χ4n) is 1.62. The summed E-state index contributed by atoms with van der Waals surface area (Å²) in [6.45, 7) is 0. The molecule has 0 amide bonds. The van der Waals surface area contributed by atoms with Crippen LogP contribution in [-0.4, -0.2) is 17.7 Å². The molecular weight excluding hydrogens is 176 g/mol. The van der Waals surface area contributed by atoms with E-state index >= 15 is 0 Å². The number of ketones is 1. The SMILES string of the molecule is O=C1C2=CN=CC2=Nc2ccccc21. The number of hydrogen-bond donors (Lipinski definition) is 0. The molecule has 2 heterocycles. The fourth-order valence-corrected chi connectivity index (χ4v) is 1.62. The Hall–Kier alpha value is -2.03. The summed E-state index contributed by atoms with van der Waals surface area (Å²) in [7, 11) is 0. The summed E-state index contributed by atoms with van der Waals surface area (Å²) in [5, 5.41) is 0. The van der Waals surface area contributed by atoms with Crippen molar-refractivity contribution in [3.05, 3.63) is 41.6 Å². The molecule has 2 aliphatic rings. The predicted octanol–water partition coefficient (Wildman–Crippen LogP) is 1.92. The first-order valence-electron chi connectivity index (χ1n) is 4.32. The van der Waals surface area contributed by atoms with Gasteiger partial charge in [-0.2, -0.15) is 0 Å². The lowest BCUT2D eigenvalue weighted by Crippen LogP contribution is -2.15. The molecule has 3 heteroatoms. The van der Waals surface area contributed by atoms with Gasteiger partial charge in [-0.25, -0.2) is 4.99 Å². The van der Waals surface area contributed by atoms with E-state index in [-0.39, 0.29) is 5.78 Å². The van der Waals surface area contributed by atoms with E-state index in [1.54, 1.807) is 18.5 Å². The predicted molar refractivity (Wildman–Crippen MR) is 54.4 cm³/mol. The van der Waals surface area contributed by atoms with Crippen LogP contribution < -0.4 is 0 Å². The second-order valence-corrected chi connectivity index (χ2v) is 3.16. The molecule has 0 atom stereocenters. The molecule has 0 N–H and O–H groups in total. The number of Topliss-reactive ketones (excluding diaryl/α,β-unsaturated/α-hetero) is 1. The van der Waals surface area contributed by atoms with Crippen LogP contribution in [-0.2, 0) is 0 Å². The Kier molecular flexibility index (Phi) is 1.31. The van der Waals surface area contributed by atoms with Gasteiger partial charge in [-0.3, -0.25) is 9.79 Å². The summed E-state index contributed by atoms with van der Waals surface area (Å²) < 4.78 is 0. The van der Waals surface area contributed by atoms with E-state index in [2.05, 4.69) is 9.98 Å². The van der Waals surface area contributed by atoms with Crippen LogP contribution in [0.4, 0.5) is 5.69 Å². The molecule has 0 spiro atoms. The third-order valence-electron chi connectivity index (χ3n) is 2.31. The highest BCUT2D eigenvalue weighted by molar-refractivity contribution is 6.51. The van der Waals surface area contributed by atoms with Crippen LogP contribution in [0.1, 0.15) is 10.4 Å². The van der Waals surface area contributed by atoms with E-state index < -0.39 is 0 Å². The van der Waals surface area contributed by atoms with Gasteiger partial charge in [-0.15, -0.1) is 0 Å². The summed E-state index contributed by atoms with van der Waals surface area (Å²) >= 11 is 0. The molecule has 0 unspecified atom stereocenters. The van der Waals surface area contributed by atoms with E-state index in [0.717, 1.165) is 5.69 Å². The number of nitrogens with zero attached hydrogens (tertiary/aromatic N) is 2. The lowest BCUT2D eigenvalue weighted by molar-refractivity contribution is 0.104. The average molecular weight is 182 g/mol. The molecule has 0 saturated heterocycles. The maximum Gasteiger partial charge on any atom is 0.198 e. The Labute approximate surface area is 80.5 Å². The van der Waals surface area contributed by atoms with Crippen LogP contribution >= 0.6 is 0 Å². The summed E-state index contributed by atoms with van der Waals surface area (Å²) in [5.74, 6) is 0.0168. The molecule has 0 bridgehead atoms. The molecule has 3 rings (SSSR count). The molecule has 3 nitrogen and oxygen atoms in total. The summed E-state index contributed by atoms with van der Waals surface area (Å²) in [5.41, 5.74) is 2.67. The molecule has 1 aromatic rings. The number of carbonyl (C=O) groups is 1. The summed E-state index contributed by atoms with van der Waals surface area (Å²) in [6, 6.07) is 7.34. The first-order chi connectivity index (χ1) is 6.86. The van der Waals surface area contributed by atoms with Crippen LogP contribution in [0.15, 0.2) is 46.0 Å². The molecule has 1 aromatic carbocycles. The number of carbonyl (C=O) groups excluding carboxylic acids is 1. The third kappa shape index (κ3) is 0.836. The van der Waals surface area contributed by atoms with Crippen molar-refractivity contribution in [2.45, 2.75) is 0 Å². The van der Waals surface area contributed by atoms with E-state index in [4.69, 9.17) is 0 Å². The normalized spacial score (nSPS) is 17.3. The molecular formula is C11H6N2O. The van der Waals surface area contributed by atoms with Crippen molar-refractivity contribution in [3.8, 4) is 0 Å². The Morgan fingerprint density at radius 3 is 2.93 bits per heavy atom. The monoisotopic (exact) mass is 182 g/mol. The van der Waals surface area contributed by atoms with Gasteiger partial charge in [0, 0.05) is 11.8 Å². The molecule has 66 valence electrons. The number of para-hydroxylation sites is 1. The number of fused-ring (bicyclic) bond motifs is 2. The first-order valence-corrected chi connectivity index (χ1v) is 4.32. The molecule has 14 heavy (non-hydrogen) atoms. The van der Waals surface area contributed by atoms with Crippen molar-refractivity contribution in [2.24, 2.45) is 9.98 Å². The first kappa shape index (κ1) is 7.38. The topological polar surface area (TPSA) is 41.8 Å². The van der Waals surface area contributed by atoms with Gasteiger partial charge in [0.25, 0.3) is 0 Å². The van der Waals surface area contributed by atoms with Gasteiger partial charge in [-0.05, 0) is 12.1 Å². The van der Waals surface area contributed by atoms with E-state index in [9.17, 15) is 4.79 Å². The zero-order chi connectivity index (χ0) is 9.54. The number of aliphatic imine (C=N–C) groups is 2. The molecule has 0 aliphatic carbocycles. The number of hydrogen-bond acceptors (Lipinski definition) is 3. The van der Waals surface area contributed by atoms with Crippen molar-refractivity contribution in [3.63, 3.8) is 0 Å². The number of rotatable bonds is 0. The highest BCUT2D eigenvalue weighted by Crippen LogP contribution is 2.28. The molecule has 0 saturated carbocycles. The van der Waals surface area contributed by atoms with Crippen LogP contribution in [0.5, 0.6) is 0 Å². The third-order valence-corrected chi connectivity index (χ3v) is 2.31. The minimum atomic E-state index is 0.0168. The van der Waals surface area contributed by atoms with Gasteiger partial charge in [0.05, 0.1) is 23.2 Å². The van der Waals surface area contributed by atoms with Crippen molar-refractivity contribution in [1.82, 2.24) is 0 Å². The van der Waals surface area contributed by atoms with Crippen molar-refractivity contribution in [2.75, 3.05) is 0 Å². The van der Waals surface area contributed by atoms with Crippen LogP contribution in [0, 0.1) is 0 Å². The van der Waals surface area contributed by atoms with E-state index in [1.165, 1.54) is 0 Å². The minimum Gasteiger partial charge on any atom is -0.288 e. The maximum absolute atomic E-state index is 11.9. The van der Waals surface area contributed by atoms with E-state index in [0.29, 0.717) is 16.8 Å². The minimum absolute atomic E-state index is 0.0168.